The molecule has 0 saturated carbocycles. The van der Waals surface area contributed by atoms with E-state index in [1.54, 1.807) is 6.92 Å². The van der Waals surface area contributed by atoms with Gasteiger partial charge in [-0.2, -0.15) is 18.4 Å². The fourth-order valence-electron chi connectivity index (χ4n) is 4.40. The first-order valence-electron chi connectivity index (χ1n) is 7.93. The van der Waals surface area contributed by atoms with Gasteiger partial charge >= 0.3 is 6.18 Å². The van der Waals surface area contributed by atoms with Gasteiger partial charge in [0.05, 0.1) is 52.5 Å². The van der Waals surface area contributed by atoms with Crippen LogP contribution in [-0.4, -0.2) is 34.7 Å². The average molecular weight is 366 g/mol. The number of amides is 2. The summed E-state index contributed by atoms with van der Waals surface area (Å²) in [6.07, 6.45) is -6.35. The number of hydrogen-bond donors (Lipinski definition) is 1. The largest absolute Gasteiger partial charge is 0.417 e. The number of hydrogen-bond acceptors (Lipinski definition) is 5. The summed E-state index contributed by atoms with van der Waals surface area (Å²) in [7, 11) is 0. The Morgan fingerprint density at radius 2 is 2.04 bits per heavy atom. The Morgan fingerprint density at radius 3 is 2.65 bits per heavy atom. The topological polar surface area (TPSA) is 90.6 Å². The molecule has 2 bridgehead atoms. The van der Waals surface area contributed by atoms with Crippen LogP contribution in [0.4, 0.5) is 18.9 Å². The lowest BCUT2D eigenvalue weighted by Gasteiger charge is -2.27. The highest BCUT2D eigenvalue weighted by atomic mass is 19.4. The van der Waals surface area contributed by atoms with Crippen LogP contribution in [0.3, 0.4) is 0 Å². The number of anilines is 1. The van der Waals surface area contributed by atoms with Gasteiger partial charge in [-0.25, -0.2) is 4.90 Å². The zero-order valence-corrected chi connectivity index (χ0v) is 13.4. The first kappa shape index (κ1) is 17.0. The van der Waals surface area contributed by atoms with Crippen molar-refractivity contribution in [2.75, 3.05) is 4.90 Å². The van der Waals surface area contributed by atoms with Crippen molar-refractivity contribution in [3.05, 3.63) is 29.3 Å². The second kappa shape index (κ2) is 5.05. The van der Waals surface area contributed by atoms with Crippen LogP contribution < -0.4 is 4.90 Å². The predicted octanol–water partition coefficient (Wildman–Crippen LogP) is 1.60. The fraction of sp³-hybridized carbons (Fsp3) is 0.471. The number of rotatable bonds is 1. The van der Waals surface area contributed by atoms with E-state index in [0.29, 0.717) is 6.07 Å². The third kappa shape index (κ3) is 2.06. The molecule has 4 rings (SSSR count). The molecule has 0 aromatic heterocycles. The van der Waals surface area contributed by atoms with E-state index in [0.717, 1.165) is 17.0 Å². The van der Waals surface area contributed by atoms with Crippen LogP contribution in [0, 0.1) is 23.2 Å². The number of carbonyl (C=O) groups excluding carboxylic acids is 2. The maximum Gasteiger partial charge on any atom is 0.417 e. The number of nitrogens with zero attached hydrogens (tertiary/aromatic N) is 2. The van der Waals surface area contributed by atoms with Crippen molar-refractivity contribution in [3.63, 3.8) is 0 Å². The Kier molecular flexibility index (Phi) is 3.30. The van der Waals surface area contributed by atoms with Crippen LogP contribution in [0.15, 0.2) is 18.2 Å². The molecule has 0 spiro atoms. The summed E-state index contributed by atoms with van der Waals surface area (Å²) < 4.78 is 45.2. The lowest BCUT2D eigenvalue weighted by atomic mass is 9.73. The van der Waals surface area contributed by atoms with E-state index in [1.165, 1.54) is 6.07 Å². The Hall–Kier alpha value is -2.44. The van der Waals surface area contributed by atoms with Crippen molar-refractivity contribution in [2.24, 2.45) is 11.8 Å². The lowest BCUT2D eigenvalue weighted by molar-refractivity contribution is -0.138. The fourth-order valence-corrected chi connectivity index (χ4v) is 4.40. The highest BCUT2D eigenvalue weighted by molar-refractivity contribution is 6.23. The van der Waals surface area contributed by atoms with Crippen LogP contribution in [0.5, 0.6) is 0 Å². The first-order chi connectivity index (χ1) is 12.1. The molecule has 1 aromatic rings. The molecule has 5 atom stereocenters. The second-order valence-corrected chi connectivity index (χ2v) is 7.02. The number of nitriles is 1. The van der Waals surface area contributed by atoms with Crippen LogP contribution in [0.1, 0.15) is 24.5 Å². The number of aliphatic hydroxyl groups is 1. The molecule has 3 aliphatic rings. The number of halogens is 3. The van der Waals surface area contributed by atoms with Crippen molar-refractivity contribution >= 4 is 17.5 Å². The standard InChI is InChI=1S/C17H13F3N2O4/c1-16-5-10(23)13(26-16)11-12(16)15(25)22(14(11)24)8-3-2-7(6-21)9(4-8)17(18,19)20/h2-4,10-13,23H,5H2,1H3/t10?,11-,12+,13-,16+/m0/s1. The van der Waals surface area contributed by atoms with Crippen LogP contribution in [-0.2, 0) is 20.5 Å². The quantitative estimate of drug-likeness (QED) is 0.763. The molecule has 136 valence electrons. The van der Waals surface area contributed by atoms with Crippen LogP contribution in [0.2, 0.25) is 0 Å². The van der Waals surface area contributed by atoms with E-state index in [-0.39, 0.29) is 12.1 Å². The zero-order valence-electron chi connectivity index (χ0n) is 13.4. The molecule has 3 heterocycles. The van der Waals surface area contributed by atoms with Gasteiger partial charge in [0.15, 0.2) is 0 Å². The summed E-state index contributed by atoms with van der Waals surface area (Å²) in [5, 5.41) is 18.9. The van der Waals surface area contributed by atoms with E-state index in [4.69, 9.17) is 10.00 Å². The highest BCUT2D eigenvalue weighted by Gasteiger charge is 2.70. The number of ether oxygens (including phenoxy) is 1. The Bertz CT molecular complexity index is 878. The van der Waals surface area contributed by atoms with Crippen molar-refractivity contribution < 1.29 is 32.6 Å². The van der Waals surface area contributed by atoms with E-state index in [2.05, 4.69) is 0 Å². The zero-order chi connectivity index (χ0) is 19.0. The molecule has 1 N–H and O–H groups in total. The number of fused-ring (bicyclic) bond motifs is 5. The average Bonchev–Trinajstić information content (AvgIpc) is 3.12. The minimum atomic E-state index is -4.80. The molecule has 1 unspecified atom stereocenters. The van der Waals surface area contributed by atoms with Crippen LogP contribution in [0.25, 0.3) is 0 Å². The van der Waals surface area contributed by atoms with Gasteiger partial charge in [0.2, 0.25) is 11.8 Å². The smallest absolute Gasteiger partial charge is 0.390 e. The van der Waals surface area contributed by atoms with Gasteiger partial charge in [0.25, 0.3) is 0 Å². The van der Waals surface area contributed by atoms with Gasteiger partial charge < -0.3 is 9.84 Å². The molecular weight excluding hydrogens is 353 g/mol. The summed E-state index contributed by atoms with van der Waals surface area (Å²) >= 11 is 0. The van der Waals surface area contributed by atoms with E-state index >= 15 is 0 Å². The van der Waals surface area contributed by atoms with Gasteiger partial charge in [-0.05, 0) is 25.1 Å². The number of carbonyl (C=O) groups is 2. The SMILES string of the molecule is C[C@]12CC(O)[C@H](O1)[C@H]1C(=O)N(c3ccc(C#N)c(C(F)(F)F)c3)C(=O)[C@@H]12. The second-order valence-electron chi connectivity index (χ2n) is 7.02. The third-order valence-electron chi connectivity index (χ3n) is 5.45. The third-order valence-corrected chi connectivity index (χ3v) is 5.45. The molecule has 0 aliphatic carbocycles. The van der Waals surface area contributed by atoms with Gasteiger partial charge in [0.1, 0.15) is 0 Å². The predicted molar refractivity (Wildman–Crippen MR) is 79.5 cm³/mol. The normalized spacial score (nSPS) is 35.8. The van der Waals surface area contributed by atoms with E-state index in [1.807, 2.05) is 0 Å². The van der Waals surface area contributed by atoms with Crippen LogP contribution >= 0.6 is 0 Å². The molecule has 3 saturated heterocycles. The maximum absolute atomic E-state index is 13.2. The van der Waals surface area contributed by atoms with Crippen molar-refractivity contribution in [1.82, 2.24) is 0 Å². The summed E-state index contributed by atoms with van der Waals surface area (Å²) in [5.74, 6) is -3.09. The van der Waals surface area contributed by atoms with Gasteiger partial charge in [-0.3, -0.25) is 9.59 Å². The molecule has 2 amide bonds. The van der Waals surface area contributed by atoms with E-state index in [9.17, 15) is 27.9 Å². The molecule has 3 aliphatic heterocycles. The van der Waals surface area contributed by atoms with Gasteiger partial charge in [0, 0.05) is 6.42 Å². The summed E-state index contributed by atoms with van der Waals surface area (Å²) in [6, 6.07) is 4.18. The first-order valence-corrected chi connectivity index (χ1v) is 7.93. The minimum absolute atomic E-state index is 0.187. The molecule has 6 nitrogen and oxygen atoms in total. The van der Waals surface area contributed by atoms with Crippen molar-refractivity contribution in [2.45, 2.75) is 37.3 Å². The monoisotopic (exact) mass is 366 g/mol. The lowest BCUT2D eigenvalue weighted by Crippen LogP contribution is -2.42. The molecule has 3 fully saturated rings. The molecule has 9 heteroatoms. The number of aliphatic hydroxyl groups excluding tert-OH is 1. The summed E-state index contributed by atoms with van der Waals surface area (Å²) in [4.78, 5) is 26.3. The number of benzene rings is 1. The molecule has 26 heavy (non-hydrogen) atoms. The Labute approximate surface area is 145 Å². The maximum atomic E-state index is 13.2. The van der Waals surface area contributed by atoms with Crippen molar-refractivity contribution in [1.29, 1.82) is 5.26 Å². The Balaban J connectivity index is 1.78. The van der Waals surface area contributed by atoms with Crippen molar-refractivity contribution in [3.8, 4) is 6.07 Å². The number of imide groups is 1. The van der Waals surface area contributed by atoms with E-state index < -0.39 is 58.8 Å². The highest BCUT2D eigenvalue weighted by Crippen LogP contribution is 2.55. The molecular formula is C17H13F3N2O4. The summed E-state index contributed by atoms with van der Waals surface area (Å²) in [6.45, 7) is 1.62. The summed E-state index contributed by atoms with van der Waals surface area (Å²) in [5.41, 5.74) is -3.06. The number of alkyl halides is 3. The van der Waals surface area contributed by atoms with Gasteiger partial charge in [-0.1, -0.05) is 0 Å². The van der Waals surface area contributed by atoms with Gasteiger partial charge in [-0.15, -0.1) is 0 Å². The Morgan fingerprint density at radius 1 is 1.35 bits per heavy atom. The molecule has 0 radical (unpaired) electrons. The minimum Gasteiger partial charge on any atom is -0.390 e. The molecule has 1 aromatic carbocycles.